The van der Waals surface area contributed by atoms with Crippen molar-refractivity contribution < 1.29 is 18.3 Å². The molecule has 0 aliphatic heterocycles. The van der Waals surface area contributed by atoms with Crippen molar-refractivity contribution in [1.29, 1.82) is 0 Å². The summed E-state index contributed by atoms with van der Waals surface area (Å²) in [4.78, 5) is 14.6. The largest absolute Gasteiger partial charge is 0.478 e. The van der Waals surface area contributed by atoms with Crippen LogP contribution in [0.25, 0.3) is 0 Å². The van der Waals surface area contributed by atoms with Crippen molar-refractivity contribution in [3.8, 4) is 0 Å². The van der Waals surface area contributed by atoms with Crippen LogP contribution in [0.1, 0.15) is 15.9 Å². The molecule has 8 heteroatoms. The summed E-state index contributed by atoms with van der Waals surface area (Å²) in [7, 11) is -3.78. The average Bonchev–Trinajstić information content (AvgIpc) is 2.78. The number of anilines is 1. The average molecular weight is 298 g/mol. The molecule has 6 nitrogen and oxygen atoms in total. The fraction of sp³-hybridized carbons (Fsp3) is 0.0909. The van der Waals surface area contributed by atoms with Crippen molar-refractivity contribution in [2.45, 2.75) is 11.1 Å². The van der Waals surface area contributed by atoms with Gasteiger partial charge in [-0.2, -0.15) is 0 Å². The van der Waals surface area contributed by atoms with Crippen molar-refractivity contribution in [1.82, 2.24) is 4.98 Å². The predicted octanol–water partition coefficient (Wildman–Crippen LogP) is 1.95. The number of carboxylic acid groups (broad SMARTS) is 1. The number of sulfonamides is 1. The first-order valence-corrected chi connectivity index (χ1v) is 7.51. The number of nitrogens with zero attached hydrogens (tertiary/aromatic N) is 1. The molecule has 2 rings (SSSR count). The van der Waals surface area contributed by atoms with Gasteiger partial charge >= 0.3 is 5.97 Å². The molecule has 0 amide bonds. The normalized spacial score (nSPS) is 11.2. The highest BCUT2D eigenvalue weighted by Gasteiger charge is 2.19. The highest BCUT2D eigenvalue weighted by molar-refractivity contribution is 7.94. The van der Waals surface area contributed by atoms with E-state index in [-0.39, 0.29) is 9.77 Å². The Morgan fingerprint density at radius 1 is 1.37 bits per heavy atom. The van der Waals surface area contributed by atoms with Gasteiger partial charge in [0.1, 0.15) is 4.21 Å². The number of nitrogens with one attached hydrogen (secondary N) is 1. The summed E-state index contributed by atoms with van der Waals surface area (Å²) in [6.45, 7) is 1.79. The molecule has 0 unspecified atom stereocenters. The van der Waals surface area contributed by atoms with Crippen molar-refractivity contribution in [2.24, 2.45) is 0 Å². The van der Waals surface area contributed by atoms with Gasteiger partial charge in [0.05, 0.1) is 17.4 Å². The summed E-state index contributed by atoms with van der Waals surface area (Å²) in [5.74, 6) is -1.16. The summed E-state index contributed by atoms with van der Waals surface area (Å²) in [6.07, 6.45) is 2.99. The Kier molecular flexibility index (Phi) is 3.54. The van der Waals surface area contributed by atoms with Crippen LogP contribution in [0.2, 0.25) is 0 Å². The van der Waals surface area contributed by atoms with Gasteiger partial charge in [-0.15, -0.1) is 11.3 Å². The number of aryl methyl sites for hydroxylation is 1. The molecule has 0 saturated carbocycles. The van der Waals surface area contributed by atoms with Crippen LogP contribution in [0.3, 0.4) is 0 Å². The molecule has 0 aliphatic rings. The molecule has 19 heavy (non-hydrogen) atoms. The maximum Gasteiger partial charge on any atom is 0.336 e. The quantitative estimate of drug-likeness (QED) is 0.899. The third-order valence-electron chi connectivity index (χ3n) is 2.21. The lowest BCUT2D eigenvalue weighted by Crippen LogP contribution is -2.11. The van der Waals surface area contributed by atoms with Crippen LogP contribution in [0.15, 0.2) is 34.1 Å². The zero-order valence-electron chi connectivity index (χ0n) is 9.82. The molecule has 0 saturated heterocycles. The van der Waals surface area contributed by atoms with E-state index in [1.807, 2.05) is 0 Å². The van der Waals surface area contributed by atoms with E-state index in [0.29, 0.717) is 5.69 Å². The van der Waals surface area contributed by atoms with Crippen LogP contribution in [-0.4, -0.2) is 24.5 Å². The fourth-order valence-electron chi connectivity index (χ4n) is 1.39. The van der Waals surface area contributed by atoms with Gasteiger partial charge in [-0.1, -0.05) is 0 Å². The van der Waals surface area contributed by atoms with Crippen molar-refractivity contribution in [3.05, 3.63) is 41.0 Å². The Balaban J connectivity index is 2.29. The smallest absolute Gasteiger partial charge is 0.336 e. The second-order valence-electron chi connectivity index (χ2n) is 3.82. The van der Waals surface area contributed by atoms with Gasteiger partial charge in [-0.05, 0) is 24.6 Å². The zero-order valence-corrected chi connectivity index (χ0v) is 11.5. The number of carbonyl (C=O) groups is 1. The standard InChI is InChI=1S/C11H10N2O4S2/c1-7-2-9(5-12-4-7)13-19(16,17)10-3-8(6-18-10)11(14)15/h2-6,13H,1H3,(H,14,15). The van der Waals surface area contributed by atoms with E-state index < -0.39 is 16.0 Å². The molecular formula is C11H10N2O4S2. The number of rotatable bonds is 4. The number of aromatic carboxylic acids is 1. The Morgan fingerprint density at radius 3 is 2.68 bits per heavy atom. The van der Waals surface area contributed by atoms with E-state index in [2.05, 4.69) is 9.71 Å². The second-order valence-corrected chi connectivity index (χ2v) is 6.64. The minimum atomic E-state index is -3.78. The highest BCUT2D eigenvalue weighted by Crippen LogP contribution is 2.23. The van der Waals surface area contributed by atoms with Gasteiger partial charge < -0.3 is 5.11 Å². The van der Waals surface area contributed by atoms with Gasteiger partial charge in [0, 0.05) is 11.6 Å². The lowest BCUT2D eigenvalue weighted by Gasteiger charge is -2.05. The summed E-state index contributed by atoms with van der Waals surface area (Å²) in [6, 6.07) is 2.76. The van der Waals surface area contributed by atoms with E-state index in [1.54, 1.807) is 19.2 Å². The summed E-state index contributed by atoms with van der Waals surface area (Å²) < 4.78 is 26.4. The van der Waals surface area contributed by atoms with Gasteiger partial charge in [-0.3, -0.25) is 9.71 Å². The number of thiophene rings is 1. The third-order valence-corrected chi connectivity index (χ3v) is 5.04. The topological polar surface area (TPSA) is 96.4 Å². The SMILES string of the molecule is Cc1cncc(NS(=O)(=O)c2cc(C(=O)O)cs2)c1. The van der Waals surface area contributed by atoms with Crippen molar-refractivity contribution in [2.75, 3.05) is 4.72 Å². The second kappa shape index (κ2) is 4.98. The van der Waals surface area contributed by atoms with Gasteiger partial charge in [0.25, 0.3) is 10.0 Å². The molecule has 0 spiro atoms. The fourth-order valence-corrected chi connectivity index (χ4v) is 3.57. The number of carboxylic acids is 1. The molecule has 0 atom stereocenters. The van der Waals surface area contributed by atoms with E-state index in [9.17, 15) is 13.2 Å². The molecule has 0 aliphatic carbocycles. The Bertz CT molecular complexity index is 722. The maximum absolute atomic E-state index is 12.0. The highest BCUT2D eigenvalue weighted by atomic mass is 32.2. The minimum Gasteiger partial charge on any atom is -0.478 e. The predicted molar refractivity (Wildman–Crippen MR) is 71.1 cm³/mol. The molecule has 0 radical (unpaired) electrons. The Morgan fingerprint density at radius 2 is 2.11 bits per heavy atom. The summed E-state index contributed by atoms with van der Waals surface area (Å²) in [5, 5.41) is 10.1. The molecule has 100 valence electrons. The summed E-state index contributed by atoms with van der Waals surface area (Å²) in [5.41, 5.74) is 1.11. The Hall–Kier alpha value is -1.93. The van der Waals surface area contributed by atoms with Crippen LogP contribution >= 0.6 is 11.3 Å². The van der Waals surface area contributed by atoms with Gasteiger partial charge in [-0.25, -0.2) is 13.2 Å². The maximum atomic E-state index is 12.0. The van der Waals surface area contributed by atoms with Crippen LogP contribution in [0.5, 0.6) is 0 Å². The number of pyridine rings is 1. The minimum absolute atomic E-state index is 0.0484. The van der Waals surface area contributed by atoms with Crippen LogP contribution in [-0.2, 0) is 10.0 Å². The van der Waals surface area contributed by atoms with Crippen LogP contribution in [0, 0.1) is 6.92 Å². The first-order valence-electron chi connectivity index (χ1n) is 5.15. The number of hydrogen-bond acceptors (Lipinski definition) is 5. The zero-order chi connectivity index (χ0) is 14.0. The van der Waals surface area contributed by atoms with Gasteiger partial charge in [0.15, 0.2) is 0 Å². The third kappa shape index (κ3) is 3.09. The lowest BCUT2D eigenvalue weighted by atomic mass is 10.3. The first-order chi connectivity index (χ1) is 8.88. The van der Waals surface area contributed by atoms with Crippen LogP contribution < -0.4 is 4.72 Å². The summed E-state index contributed by atoms with van der Waals surface area (Å²) >= 11 is 0.857. The van der Waals surface area contributed by atoms with E-state index >= 15 is 0 Å². The lowest BCUT2D eigenvalue weighted by molar-refractivity contribution is 0.0697. The van der Waals surface area contributed by atoms with E-state index in [0.717, 1.165) is 23.0 Å². The van der Waals surface area contributed by atoms with Crippen LogP contribution in [0.4, 0.5) is 5.69 Å². The van der Waals surface area contributed by atoms with E-state index in [4.69, 9.17) is 5.11 Å². The molecule has 2 N–H and O–H groups in total. The molecule has 0 aromatic carbocycles. The van der Waals surface area contributed by atoms with Crippen molar-refractivity contribution >= 4 is 33.0 Å². The number of aromatic nitrogens is 1. The first kappa shape index (κ1) is 13.5. The molecule has 0 fully saturated rings. The molecule has 2 aromatic heterocycles. The molecule has 2 aromatic rings. The van der Waals surface area contributed by atoms with Gasteiger partial charge in [0.2, 0.25) is 0 Å². The van der Waals surface area contributed by atoms with Crippen molar-refractivity contribution in [3.63, 3.8) is 0 Å². The van der Waals surface area contributed by atoms with E-state index in [1.165, 1.54) is 11.6 Å². The molecular weight excluding hydrogens is 288 g/mol. The molecule has 0 bridgehead atoms. The Labute approximate surface area is 113 Å². The molecule has 2 heterocycles. The number of hydrogen-bond donors (Lipinski definition) is 2. The monoisotopic (exact) mass is 298 g/mol.